The molecule has 0 radical (unpaired) electrons. The fourth-order valence-electron chi connectivity index (χ4n) is 6.11. The fourth-order valence-corrected chi connectivity index (χ4v) is 6.68. The predicted molar refractivity (Wildman–Crippen MR) is 197 cm³/mol. The molecule has 0 saturated carbocycles. The van der Waals surface area contributed by atoms with Crippen LogP contribution in [0.1, 0.15) is 65.4 Å². The number of nitrogens with one attached hydrogen (secondary N) is 6. The summed E-state index contributed by atoms with van der Waals surface area (Å²) < 4.78 is 16.7. The summed E-state index contributed by atoms with van der Waals surface area (Å²) in [7, 11) is -0.251. The van der Waals surface area contributed by atoms with Gasteiger partial charge in [-0.25, -0.2) is 0 Å². The lowest BCUT2D eigenvalue weighted by atomic mass is 9.96. The van der Waals surface area contributed by atoms with Gasteiger partial charge in [-0.2, -0.15) is 0 Å². The molecule has 6 N–H and O–H groups in total. The summed E-state index contributed by atoms with van der Waals surface area (Å²) in [5, 5.41) is 15.5. The first-order chi connectivity index (χ1) is 25.6. The average molecular weight is 776 g/mol. The third-order valence-corrected chi connectivity index (χ3v) is 10.4. The minimum Gasteiger partial charge on any atom is -0.469 e. The summed E-state index contributed by atoms with van der Waals surface area (Å²) in [5.41, 5.74) is 0.667. The standard InChI is InChI=1S/C36H53N7O10S/c1-7-20(2)29-36(51)43-16-11-14-27(43)35(50)41-25(18-23-12-9-8-10-13-23)34(49)40-26(19-28(44)53-5)33(48)38-21(3)30(45)39-24(15-17-54(6)52)32(47)37-22(4)31(46)42-29/h8-10,12-13,20-22,24-27,29H,7,11,14-19H2,1-6H3,(H,37,47)(H,38,48)(H,39,45)(H,40,49)(H,41,50)(H,42,46). The molecule has 2 saturated heterocycles. The number of carbonyl (C=O) groups excluding carboxylic acids is 8. The number of methoxy groups -OCH3 is 1. The van der Waals surface area contributed by atoms with E-state index in [1.165, 1.54) is 25.0 Å². The molecule has 18 heteroatoms. The molecule has 1 aromatic carbocycles. The smallest absolute Gasteiger partial charge is 0.308 e. The van der Waals surface area contributed by atoms with Gasteiger partial charge in [-0.15, -0.1) is 0 Å². The van der Waals surface area contributed by atoms with E-state index in [0.717, 1.165) is 7.11 Å². The Morgan fingerprint density at radius 1 is 0.815 bits per heavy atom. The SMILES string of the molecule is CCC(C)C1NC(=O)C(C)NC(=O)C(CCS(C)=O)NC(=O)C(C)NC(=O)C(CC(=O)OC)NC(=O)C(Cc2ccccc2)NC(=O)C2CCCN2C1=O. The quantitative estimate of drug-likeness (QED) is 0.160. The van der Waals surface area contributed by atoms with E-state index >= 15 is 0 Å². The largest absolute Gasteiger partial charge is 0.469 e. The van der Waals surface area contributed by atoms with Gasteiger partial charge in [-0.05, 0) is 44.6 Å². The lowest BCUT2D eigenvalue weighted by molar-refractivity contribution is -0.144. The molecule has 9 unspecified atom stereocenters. The van der Waals surface area contributed by atoms with Crippen molar-refractivity contribution in [3.63, 3.8) is 0 Å². The fraction of sp³-hybridized carbons (Fsp3) is 0.611. The maximum atomic E-state index is 14.1. The molecule has 0 bridgehead atoms. The number of rotatable bonds is 9. The number of fused-ring (bicyclic) bond motifs is 1. The molecule has 3 rings (SSSR count). The zero-order valence-electron chi connectivity index (χ0n) is 31.6. The van der Waals surface area contributed by atoms with Crippen LogP contribution in [0.4, 0.5) is 0 Å². The second kappa shape index (κ2) is 20.5. The number of amides is 7. The van der Waals surface area contributed by atoms with Gasteiger partial charge in [-0.1, -0.05) is 50.6 Å². The van der Waals surface area contributed by atoms with Crippen molar-refractivity contribution in [2.75, 3.05) is 25.7 Å². The molecule has 1 aromatic rings. The summed E-state index contributed by atoms with van der Waals surface area (Å²) in [4.78, 5) is 110. The predicted octanol–water partition coefficient (Wildman–Crippen LogP) is -1.44. The normalized spacial score (nSPS) is 27.8. The van der Waals surface area contributed by atoms with Gasteiger partial charge in [0.25, 0.3) is 0 Å². The molecule has 2 aliphatic rings. The summed E-state index contributed by atoms with van der Waals surface area (Å²) in [6.07, 6.45) is 1.95. The maximum absolute atomic E-state index is 14.1. The molecule has 298 valence electrons. The number of hydrogen-bond donors (Lipinski definition) is 6. The topological polar surface area (TPSA) is 238 Å². The Morgan fingerprint density at radius 2 is 1.37 bits per heavy atom. The highest BCUT2D eigenvalue weighted by atomic mass is 32.2. The summed E-state index contributed by atoms with van der Waals surface area (Å²) in [6.45, 7) is 6.55. The van der Waals surface area contributed by atoms with Crippen LogP contribution < -0.4 is 31.9 Å². The summed E-state index contributed by atoms with van der Waals surface area (Å²) in [6, 6.07) is 0.133. The molecular formula is C36H53N7O10S. The molecule has 17 nitrogen and oxygen atoms in total. The minimum absolute atomic E-state index is 0.0150. The second-order valence-corrected chi connectivity index (χ2v) is 15.3. The molecule has 7 amide bonds. The van der Waals surface area contributed by atoms with Crippen LogP contribution >= 0.6 is 0 Å². The van der Waals surface area contributed by atoms with Crippen molar-refractivity contribution in [1.82, 2.24) is 36.8 Å². The average Bonchev–Trinajstić information content (AvgIpc) is 3.64. The Morgan fingerprint density at radius 3 is 1.96 bits per heavy atom. The van der Waals surface area contributed by atoms with Gasteiger partial charge in [0.05, 0.1) is 13.5 Å². The van der Waals surface area contributed by atoms with Crippen LogP contribution in [-0.4, -0.2) is 124 Å². The molecule has 0 spiro atoms. The van der Waals surface area contributed by atoms with Crippen LogP contribution in [0.5, 0.6) is 0 Å². The molecule has 0 aliphatic carbocycles. The van der Waals surface area contributed by atoms with E-state index in [0.29, 0.717) is 18.4 Å². The van der Waals surface area contributed by atoms with E-state index in [2.05, 4.69) is 31.9 Å². The van der Waals surface area contributed by atoms with E-state index in [-0.39, 0.29) is 37.5 Å². The first kappa shape index (κ1) is 43.5. The Bertz CT molecular complexity index is 1580. The van der Waals surface area contributed by atoms with Crippen molar-refractivity contribution in [2.45, 2.75) is 109 Å². The molecule has 54 heavy (non-hydrogen) atoms. The van der Waals surface area contributed by atoms with Crippen LogP contribution in [0.3, 0.4) is 0 Å². The zero-order chi connectivity index (χ0) is 40.1. The van der Waals surface area contributed by atoms with Crippen LogP contribution in [0.15, 0.2) is 30.3 Å². The molecular weight excluding hydrogens is 723 g/mol. The third-order valence-electron chi connectivity index (χ3n) is 9.59. The van der Waals surface area contributed by atoms with Crippen molar-refractivity contribution in [3.8, 4) is 0 Å². The first-order valence-corrected chi connectivity index (χ1v) is 19.8. The molecule has 9 atom stereocenters. The van der Waals surface area contributed by atoms with Crippen molar-refractivity contribution in [1.29, 1.82) is 0 Å². The van der Waals surface area contributed by atoms with Crippen LogP contribution in [0.2, 0.25) is 0 Å². The van der Waals surface area contributed by atoms with E-state index in [1.807, 2.05) is 6.92 Å². The molecule has 2 heterocycles. The van der Waals surface area contributed by atoms with Gasteiger partial charge in [0.1, 0.15) is 42.3 Å². The Balaban J connectivity index is 2.07. The van der Waals surface area contributed by atoms with E-state index < -0.39 is 107 Å². The highest BCUT2D eigenvalue weighted by Crippen LogP contribution is 2.22. The van der Waals surface area contributed by atoms with Crippen molar-refractivity contribution in [2.24, 2.45) is 5.92 Å². The third kappa shape index (κ3) is 12.3. The van der Waals surface area contributed by atoms with E-state index in [9.17, 15) is 42.6 Å². The molecule has 0 aromatic heterocycles. The van der Waals surface area contributed by atoms with Crippen molar-refractivity contribution < 1.29 is 47.3 Å². The van der Waals surface area contributed by atoms with Gasteiger partial charge >= 0.3 is 5.97 Å². The minimum atomic E-state index is -1.55. The van der Waals surface area contributed by atoms with Crippen molar-refractivity contribution in [3.05, 3.63) is 35.9 Å². The zero-order valence-corrected chi connectivity index (χ0v) is 32.4. The van der Waals surface area contributed by atoms with Crippen molar-refractivity contribution >= 4 is 58.1 Å². The number of nitrogens with zero attached hydrogens (tertiary/aromatic N) is 1. The molecule has 2 aliphatic heterocycles. The molecule has 2 fully saturated rings. The Kier molecular flexibility index (Phi) is 16.6. The van der Waals surface area contributed by atoms with Crippen LogP contribution in [0, 0.1) is 5.92 Å². The van der Waals surface area contributed by atoms with Crippen LogP contribution in [-0.2, 0) is 60.3 Å². The number of hydrogen-bond acceptors (Lipinski definition) is 10. The summed E-state index contributed by atoms with van der Waals surface area (Å²) in [5.74, 6) is -6.39. The lowest BCUT2D eigenvalue weighted by Gasteiger charge is -2.32. The summed E-state index contributed by atoms with van der Waals surface area (Å²) >= 11 is 0. The van der Waals surface area contributed by atoms with E-state index in [4.69, 9.17) is 4.74 Å². The first-order valence-electron chi connectivity index (χ1n) is 18.1. The Hall–Kier alpha value is -4.87. The van der Waals surface area contributed by atoms with Gasteiger partial charge < -0.3 is 41.5 Å². The maximum Gasteiger partial charge on any atom is 0.308 e. The second-order valence-electron chi connectivity index (χ2n) is 13.7. The number of carbonyl (C=O) groups is 8. The number of benzene rings is 1. The number of ether oxygens (including phenoxy) is 1. The monoisotopic (exact) mass is 775 g/mol. The van der Waals surface area contributed by atoms with Gasteiger partial charge in [0.15, 0.2) is 0 Å². The van der Waals surface area contributed by atoms with E-state index in [1.54, 1.807) is 37.3 Å². The van der Waals surface area contributed by atoms with Crippen LogP contribution in [0.25, 0.3) is 0 Å². The lowest BCUT2D eigenvalue weighted by Crippen LogP contribution is -2.60. The highest BCUT2D eigenvalue weighted by molar-refractivity contribution is 7.84. The van der Waals surface area contributed by atoms with Gasteiger partial charge in [0, 0.05) is 35.8 Å². The van der Waals surface area contributed by atoms with Gasteiger partial charge in [-0.3, -0.25) is 42.6 Å². The Labute approximate surface area is 317 Å². The van der Waals surface area contributed by atoms with Gasteiger partial charge in [0.2, 0.25) is 41.4 Å². The number of esters is 1. The highest BCUT2D eigenvalue weighted by Gasteiger charge is 2.41.